The Hall–Kier alpha value is -3.97. The van der Waals surface area contributed by atoms with Crippen molar-refractivity contribution in [3.05, 3.63) is 89.3 Å². The molecule has 7 heteroatoms. The van der Waals surface area contributed by atoms with E-state index < -0.39 is 0 Å². The summed E-state index contributed by atoms with van der Waals surface area (Å²) in [5, 5.41) is 3.36. The van der Waals surface area contributed by atoms with E-state index in [4.69, 9.17) is 23.4 Å². The minimum atomic E-state index is 0.396. The topological polar surface area (TPSA) is 75.0 Å². The summed E-state index contributed by atoms with van der Waals surface area (Å²) in [6.07, 6.45) is 2.27. The summed E-state index contributed by atoms with van der Waals surface area (Å²) in [6, 6.07) is 19.9. The third kappa shape index (κ3) is 6.83. The zero-order chi connectivity index (χ0) is 26.0. The van der Waals surface area contributed by atoms with Crippen molar-refractivity contribution < 1.29 is 23.4 Å². The predicted molar refractivity (Wildman–Crippen MR) is 144 cm³/mol. The van der Waals surface area contributed by atoms with Crippen LogP contribution in [-0.4, -0.2) is 32.4 Å². The Morgan fingerprint density at radius 3 is 2.35 bits per heavy atom. The van der Waals surface area contributed by atoms with Crippen LogP contribution in [0.3, 0.4) is 0 Å². The highest BCUT2D eigenvalue weighted by Gasteiger charge is 2.18. The molecule has 0 aliphatic heterocycles. The van der Waals surface area contributed by atoms with Crippen LogP contribution < -0.4 is 24.3 Å². The van der Waals surface area contributed by atoms with Gasteiger partial charge in [-0.3, -0.25) is 0 Å². The molecule has 0 aliphatic rings. The minimum Gasteiger partial charge on any atom is -0.493 e. The van der Waals surface area contributed by atoms with Gasteiger partial charge in [0.2, 0.25) is 11.6 Å². The summed E-state index contributed by atoms with van der Waals surface area (Å²) < 4.78 is 29.1. The van der Waals surface area contributed by atoms with Gasteiger partial charge in [0.05, 0.1) is 26.5 Å². The molecule has 0 atom stereocenters. The molecule has 3 aromatic carbocycles. The van der Waals surface area contributed by atoms with Gasteiger partial charge in [0.25, 0.3) is 0 Å². The number of ether oxygens (including phenoxy) is 4. The maximum absolute atomic E-state index is 6.08. The van der Waals surface area contributed by atoms with Crippen LogP contribution in [0, 0.1) is 6.92 Å². The number of nitrogens with zero attached hydrogens (tertiary/aromatic N) is 1. The summed E-state index contributed by atoms with van der Waals surface area (Å²) in [5.41, 5.74) is 4.95. The fraction of sp³-hybridized carbons (Fsp3) is 0.300. The molecule has 4 aromatic rings. The van der Waals surface area contributed by atoms with Crippen LogP contribution in [-0.2, 0) is 19.6 Å². The molecular formula is C30H34N2O5. The summed E-state index contributed by atoms with van der Waals surface area (Å²) in [7, 11) is 3.20. The highest BCUT2D eigenvalue weighted by molar-refractivity contribution is 5.66. The van der Waals surface area contributed by atoms with Crippen LogP contribution in [0.25, 0.3) is 11.5 Å². The van der Waals surface area contributed by atoms with E-state index in [1.165, 1.54) is 5.56 Å². The largest absolute Gasteiger partial charge is 0.493 e. The standard InChI is InChI=1S/C30H34N2O5/c1-5-31-18-24-15-21(2)11-12-26(24)35-14-13-25-20-37-30(32-25)23-16-27(33-3)29(28(17-23)34-4)36-19-22-9-7-6-8-10-22/h6-12,15-17,20,31H,5,13-14,18-19H2,1-4H3. The Balaban J connectivity index is 1.44. The number of hydrogen-bond acceptors (Lipinski definition) is 7. The van der Waals surface area contributed by atoms with E-state index in [0.717, 1.165) is 41.2 Å². The van der Waals surface area contributed by atoms with Gasteiger partial charge in [-0.15, -0.1) is 0 Å². The van der Waals surface area contributed by atoms with Crippen molar-refractivity contribution in [2.24, 2.45) is 0 Å². The lowest BCUT2D eigenvalue weighted by atomic mass is 10.1. The number of oxazole rings is 1. The molecule has 1 aromatic heterocycles. The number of benzene rings is 3. The molecule has 0 bridgehead atoms. The molecule has 1 heterocycles. The Kier molecular flexibility index (Phi) is 9.05. The fourth-order valence-electron chi connectivity index (χ4n) is 3.94. The van der Waals surface area contributed by atoms with Crippen molar-refractivity contribution in [3.63, 3.8) is 0 Å². The minimum absolute atomic E-state index is 0.396. The average Bonchev–Trinajstić information content (AvgIpc) is 3.40. The Morgan fingerprint density at radius 1 is 0.892 bits per heavy atom. The molecule has 1 N–H and O–H groups in total. The molecular weight excluding hydrogens is 468 g/mol. The third-order valence-corrected chi connectivity index (χ3v) is 5.88. The number of aromatic nitrogens is 1. The molecule has 0 saturated heterocycles. The van der Waals surface area contributed by atoms with E-state index in [1.54, 1.807) is 20.5 Å². The van der Waals surface area contributed by atoms with Crippen LogP contribution in [0.4, 0.5) is 0 Å². The van der Waals surface area contributed by atoms with Crippen LogP contribution in [0.5, 0.6) is 23.0 Å². The summed E-state index contributed by atoms with van der Waals surface area (Å²) in [6.45, 7) is 6.75. The lowest BCUT2D eigenvalue weighted by molar-refractivity contribution is 0.266. The van der Waals surface area contributed by atoms with E-state index in [1.807, 2.05) is 48.5 Å². The van der Waals surface area contributed by atoms with Gasteiger partial charge in [0.1, 0.15) is 18.6 Å². The number of aryl methyl sites for hydroxylation is 1. The van der Waals surface area contributed by atoms with Gasteiger partial charge in [0.15, 0.2) is 11.5 Å². The SMILES string of the molecule is CCNCc1cc(C)ccc1OCCc1coc(-c2cc(OC)c(OCc3ccccc3)c(OC)c2)n1. The highest BCUT2D eigenvalue weighted by Crippen LogP contribution is 2.41. The number of hydrogen-bond donors (Lipinski definition) is 1. The normalized spacial score (nSPS) is 10.8. The zero-order valence-electron chi connectivity index (χ0n) is 21.9. The van der Waals surface area contributed by atoms with Gasteiger partial charge >= 0.3 is 0 Å². The Morgan fingerprint density at radius 2 is 1.65 bits per heavy atom. The molecule has 4 rings (SSSR count). The molecule has 7 nitrogen and oxygen atoms in total. The Labute approximate surface area is 218 Å². The maximum atomic E-state index is 6.08. The molecule has 0 unspecified atom stereocenters. The molecule has 0 aliphatic carbocycles. The van der Waals surface area contributed by atoms with Crippen LogP contribution in [0.15, 0.2) is 71.3 Å². The Bertz CT molecular complexity index is 1260. The zero-order valence-corrected chi connectivity index (χ0v) is 21.9. The lowest BCUT2D eigenvalue weighted by Gasteiger charge is -2.15. The summed E-state index contributed by atoms with van der Waals surface area (Å²) in [5.74, 6) is 2.98. The number of nitrogens with one attached hydrogen (secondary N) is 1. The summed E-state index contributed by atoms with van der Waals surface area (Å²) >= 11 is 0. The number of methoxy groups -OCH3 is 2. The smallest absolute Gasteiger partial charge is 0.226 e. The van der Waals surface area contributed by atoms with Crippen molar-refractivity contribution in [2.75, 3.05) is 27.4 Å². The van der Waals surface area contributed by atoms with E-state index in [-0.39, 0.29) is 0 Å². The second-order valence-corrected chi connectivity index (χ2v) is 8.62. The first-order valence-electron chi connectivity index (χ1n) is 12.4. The number of rotatable bonds is 13. The van der Waals surface area contributed by atoms with Gasteiger partial charge in [-0.1, -0.05) is 55.0 Å². The van der Waals surface area contributed by atoms with Crippen molar-refractivity contribution in [1.82, 2.24) is 10.3 Å². The average molecular weight is 503 g/mol. The monoisotopic (exact) mass is 502 g/mol. The van der Waals surface area contributed by atoms with E-state index >= 15 is 0 Å². The first-order chi connectivity index (χ1) is 18.1. The van der Waals surface area contributed by atoms with Crippen molar-refractivity contribution in [3.8, 4) is 34.5 Å². The fourth-order valence-corrected chi connectivity index (χ4v) is 3.94. The molecule has 0 fully saturated rings. The third-order valence-electron chi connectivity index (χ3n) is 5.88. The first-order valence-corrected chi connectivity index (χ1v) is 12.4. The second kappa shape index (κ2) is 12.8. The van der Waals surface area contributed by atoms with Gasteiger partial charge < -0.3 is 28.7 Å². The van der Waals surface area contributed by atoms with Gasteiger partial charge in [-0.05, 0) is 37.2 Å². The van der Waals surface area contributed by atoms with E-state index in [0.29, 0.717) is 42.8 Å². The van der Waals surface area contributed by atoms with Crippen molar-refractivity contribution in [1.29, 1.82) is 0 Å². The lowest BCUT2D eigenvalue weighted by Crippen LogP contribution is -2.13. The van der Waals surface area contributed by atoms with Crippen LogP contribution in [0.1, 0.15) is 29.3 Å². The maximum Gasteiger partial charge on any atom is 0.226 e. The van der Waals surface area contributed by atoms with Crippen LogP contribution >= 0.6 is 0 Å². The second-order valence-electron chi connectivity index (χ2n) is 8.62. The molecule has 0 radical (unpaired) electrons. The van der Waals surface area contributed by atoms with Gasteiger partial charge in [0, 0.05) is 24.1 Å². The molecule has 0 amide bonds. The first kappa shape index (κ1) is 26.1. The van der Waals surface area contributed by atoms with E-state index in [2.05, 4.69) is 36.3 Å². The molecule has 37 heavy (non-hydrogen) atoms. The molecule has 194 valence electrons. The highest BCUT2D eigenvalue weighted by atomic mass is 16.5. The van der Waals surface area contributed by atoms with Crippen LogP contribution in [0.2, 0.25) is 0 Å². The molecule has 0 spiro atoms. The predicted octanol–water partition coefficient (Wildman–Crippen LogP) is 5.98. The van der Waals surface area contributed by atoms with Crippen molar-refractivity contribution in [2.45, 2.75) is 33.4 Å². The van der Waals surface area contributed by atoms with E-state index in [9.17, 15) is 0 Å². The van der Waals surface area contributed by atoms with Crippen molar-refractivity contribution >= 4 is 0 Å². The quantitative estimate of drug-likeness (QED) is 0.241. The van der Waals surface area contributed by atoms with Gasteiger partial charge in [-0.2, -0.15) is 0 Å². The molecule has 0 saturated carbocycles. The summed E-state index contributed by atoms with van der Waals surface area (Å²) in [4.78, 5) is 4.66. The van der Waals surface area contributed by atoms with Gasteiger partial charge in [-0.25, -0.2) is 4.98 Å².